The van der Waals surface area contributed by atoms with Crippen LogP contribution in [-0.2, 0) is 9.59 Å². The van der Waals surface area contributed by atoms with Gasteiger partial charge in [-0.1, -0.05) is 0 Å². The van der Waals surface area contributed by atoms with Crippen LogP contribution in [0.4, 0.5) is 23.3 Å². The molecule has 2 fully saturated rings. The van der Waals surface area contributed by atoms with Crippen LogP contribution in [0, 0.1) is 60.2 Å². The van der Waals surface area contributed by atoms with Crippen LogP contribution in [0.2, 0.25) is 0 Å². The predicted molar refractivity (Wildman–Crippen MR) is 221 cm³/mol. The van der Waals surface area contributed by atoms with E-state index < -0.39 is 11.5 Å². The average Bonchev–Trinajstić information content (AvgIpc) is 4.12. The van der Waals surface area contributed by atoms with Crippen LogP contribution in [0.25, 0.3) is 66.3 Å². The van der Waals surface area contributed by atoms with Crippen LogP contribution in [-0.4, -0.2) is 41.7 Å². The number of nitrogens with two attached hydrogens (primary N) is 2. The van der Waals surface area contributed by atoms with E-state index in [1.165, 1.54) is 0 Å². The predicted octanol–water partition coefficient (Wildman–Crippen LogP) is 5.44. The van der Waals surface area contributed by atoms with E-state index in [2.05, 4.69) is 52.7 Å². The van der Waals surface area contributed by atoms with Crippen molar-refractivity contribution in [1.82, 2.24) is 29.9 Å². The maximum absolute atomic E-state index is 12.2. The van der Waals surface area contributed by atoms with Gasteiger partial charge in [0.15, 0.2) is 11.2 Å². The van der Waals surface area contributed by atoms with E-state index in [9.17, 15) is 19.2 Å². The lowest BCUT2D eigenvalue weighted by Crippen LogP contribution is -2.15. The highest BCUT2D eigenvalue weighted by Crippen LogP contribution is 2.40. The quantitative estimate of drug-likeness (QED) is 0.122. The van der Waals surface area contributed by atoms with Gasteiger partial charge in [0.25, 0.3) is 0 Å². The van der Waals surface area contributed by atoms with Crippen LogP contribution in [0.15, 0.2) is 79.3 Å². The van der Waals surface area contributed by atoms with E-state index >= 15 is 0 Å². The lowest BCUT2D eigenvalue weighted by Gasteiger charge is -2.10. The smallest absolute Gasteiger partial charge is 0.408 e. The number of nitrogens with one attached hydrogen (secondary N) is 4. The Bertz CT molecular complexity index is 3110. The second kappa shape index (κ2) is 14.2. The summed E-state index contributed by atoms with van der Waals surface area (Å²) >= 11 is 0. The van der Waals surface area contributed by atoms with Crippen molar-refractivity contribution in [2.75, 3.05) is 22.1 Å². The van der Waals surface area contributed by atoms with Crippen molar-refractivity contribution >= 4 is 78.8 Å². The Hall–Kier alpha value is -8.38. The molecule has 6 heterocycles. The molecule has 8 aromatic rings. The number of oxazole rings is 2. The molecule has 60 heavy (non-hydrogen) atoms. The minimum Gasteiger partial charge on any atom is -0.408 e. The molecule has 8 N–H and O–H groups in total. The lowest BCUT2D eigenvalue weighted by molar-refractivity contribution is -0.118. The number of H-pyrrole nitrogens is 2. The molecule has 2 aliphatic rings. The Labute approximate surface area is 337 Å². The molecule has 0 spiro atoms. The lowest BCUT2D eigenvalue weighted by atomic mass is 10.0. The summed E-state index contributed by atoms with van der Waals surface area (Å²) in [5.74, 6) is -1.09. The molecule has 4 atom stereocenters. The van der Waals surface area contributed by atoms with Crippen molar-refractivity contribution in [3.05, 3.63) is 93.2 Å². The molecule has 6 aromatic heterocycles. The van der Waals surface area contributed by atoms with E-state index in [0.717, 1.165) is 33.0 Å². The van der Waals surface area contributed by atoms with Crippen molar-refractivity contribution in [3.63, 3.8) is 0 Å². The molecule has 0 aliphatic heterocycles. The molecule has 0 saturated heterocycles. The van der Waals surface area contributed by atoms with Crippen LogP contribution in [0.1, 0.15) is 24.0 Å². The Morgan fingerprint density at radius 1 is 0.683 bits per heavy atom. The molecule has 18 nitrogen and oxygen atoms in total. The Kier molecular flexibility index (Phi) is 8.82. The van der Waals surface area contributed by atoms with Gasteiger partial charge in [0, 0.05) is 34.3 Å². The topological polar surface area (TPSA) is 301 Å². The van der Waals surface area contributed by atoms with E-state index in [-0.39, 0.29) is 35.5 Å². The molecule has 296 valence electrons. The first-order valence-electron chi connectivity index (χ1n) is 18.7. The van der Waals surface area contributed by atoms with Crippen LogP contribution < -0.4 is 33.6 Å². The molecule has 2 saturated carbocycles. The van der Waals surface area contributed by atoms with Gasteiger partial charge < -0.3 is 30.9 Å². The highest BCUT2D eigenvalue weighted by molar-refractivity contribution is 6.00. The van der Waals surface area contributed by atoms with Gasteiger partial charge in [-0.25, -0.2) is 29.5 Å². The number of nitrogen functional groups attached to an aromatic ring is 2. The highest BCUT2D eigenvalue weighted by atomic mass is 16.4. The van der Waals surface area contributed by atoms with Gasteiger partial charge in [-0.05, 0) is 97.1 Å². The number of benzene rings is 2. The van der Waals surface area contributed by atoms with Gasteiger partial charge in [-0.2, -0.15) is 10.5 Å². The maximum atomic E-state index is 12.2. The SMILES string of the molecule is Cc1cc2[nH]c(=O)oc2cc1-c1cc2cc(NC(=O)C3C[C@@H]3C#N)ncc2c(N)n1.Cc1cc2[nH]c(=O)oc2cc1-c1cc2cc(NC(=O)C3C[C@H]3C#N)ncc2c(N)n1. The second-order valence-electron chi connectivity index (χ2n) is 14.9. The molecule has 10 rings (SSSR count). The summed E-state index contributed by atoms with van der Waals surface area (Å²) in [5, 5.41) is 26.1. The molecular weight excluding hydrogens is 769 g/mol. The minimum absolute atomic E-state index is 0.209. The maximum Gasteiger partial charge on any atom is 0.417 e. The number of aromatic nitrogens is 6. The summed E-state index contributed by atoms with van der Waals surface area (Å²) < 4.78 is 10.3. The number of nitrogens with zero attached hydrogens (tertiary/aromatic N) is 6. The Morgan fingerprint density at radius 3 is 1.48 bits per heavy atom. The minimum atomic E-state index is -0.520. The number of nitriles is 2. The standard InChI is InChI=1S/2C21H16N6O3/c2*1-9-2-16-17(30-21(29)26-16)6-12(9)15-4-10-5-18(24-8-14(10)19(23)25-15)27-20(28)13-3-11(13)7-22/h2*2,4-6,8,11,13H,3H2,1H3,(H2,23,25)(H,26,29)(H,24,27,28)/t2*11-,13?/m10/s1. The van der Waals surface area contributed by atoms with Crippen LogP contribution >= 0.6 is 0 Å². The number of aryl methyl sites for hydroxylation is 2. The molecule has 2 unspecified atom stereocenters. The molecular formula is C42H32N12O6. The van der Waals surface area contributed by atoms with Gasteiger partial charge in [0.1, 0.15) is 23.3 Å². The number of hydrogen-bond acceptors (Lipinski definition) is 14. The number of carbonyl (C=O) groups is 2. The van der Waals surface area contributed by atoms with Crippen molar-refractivity contribution in [2.24, 2.45) is 23.7 Å². The van der Waals surface area contributed by atoms with Crippen molar-refractivity contribution in [2.45, 2.75) is 26.7 Å². The molecule has 2 aliphatic carbocycles. The summed E-state index contributed by atoms with van der Waals surface area (Å²) in [6.45, 7) is 3.81. The third kappa shape index (κ3) is 6.98. The third-order valence-electron chi connectivity index (χ3n) is 10.7. The zero-order valence-electron chi connectivity index (χ0n) is 31.8. The van der Waals surface area contributed by atoms with Crippen molar-refractivity contribution in [1.29, 1.82) is 10.5 Å². The fraction of sp³-hybridized carbons (Fsp3) is 0.190. The summed E-state index contributed by atoms with van der Waals surface area (Å²) in [4.78, 5) is 70.1. The largest absolute Gasteiger partial charge is 0.417 e. The van der Waals surface area contributed by atoms with Gasteiger partial charge >= 0.3 is 11.5 Å². The van der Waals surface area contributed by atoms with Gasteiger partial charge in [0.05, 0.1) is 58.2 Å². The number of rotatable bonds is 6. The number of aromatic amines is 2. The second-order valence-corrected chi connectivity index (χ2v) is 14.9. The first-order chi connectivity index (χ1) is 28.8. The molecule has 2 amide bonds. The fourth-order valence-corrected chi connectivity index (χ4v) is 7.22. The summed E-state index contributed by atoms with van der Waals surface area (Å²) in [6, 6.07) is 18.5. The zero-order valence-corrected chi connectivity index (χ0v) is 31.8. The molecule has 18 heteroatoms. The first-order valence-corrected chi connectivity index (χ1v) is 18.7. The normalized spacial score (nSPS) is 17.7. The zero-order chi connectivity index (χ0) is 42.0. The van der Waals surface area contributed by atoms with Crippen molar-refractivity contribution in [3.8, 4) is 34.7 Å². The number of carbonyl (C=O) groups excluding carboxylic acids is 2. The molecule has 0 radical (unpaired) electrons. The highest BCUT2D eigenvalue weighted by Gasteiger charge is 2.44. The number of anilines is 4. The summed E-state index contributed by atoms with van der Waals surface area (Å²) in [7, 11) is 0. The van der Waals surface area contributed by atoms with Gasteiger partial charge in [0.2, 0.25) is 11.8 Å². The fourth-order valence-electron chi connectivity index (χ4n) is 7.22. The number of amides is 2. The van der Waals surface area contributed by atoms with E-state index in [4.69, 9.17) is 30.8 Å². The monoisotopic (exact) mass is 800 g/mol. The Morgan fingerprint density at radius 2 is 1.10 bits per heavy atom. The summed E-state index contributed by atoms with van der Waals surface area (Å²) in [5.41, 5.74) is 18.9. The average molecular weight is 801 g/mol. The number of pyridine rings is 4. The third-order valence-corrected chi connectivity index (χ3v) is 10.7. The van der Waals surface area contributed by atoms with Gasteiger partial charge in [-0.3, -0.25) is 19.6 Å². The number of fused-ring (bicyclic) bond motifs is 4. The van der Waals surface area contributed by atoms with E-state index in [1.54, 1.807) is 36.7 Å². The van der Waals surface area contributed by atoms with Gasteiger partial charge in [-0.15, -0.1) is 0 Å². The van der Waals surface area contributed by atoms with Crippen LogP contribution in [0.3, 0.4) is 0 Å². The summed E-state index contributed by atoms with van der Waals surface area (Å²) in [6.07, 6.45) is 4.28. The Balaban J connectivity index is 0.000000154. The van der Waals surface area contributed by atoms with E-state index in [1.807, 2.05) is 38.1 Å². The van der Waals surface area contributed by atoms with E-state index in [0.29, 0.717) is 80.5 Å². The van der Waals surface area contributed by atoms with Crippen LogP contribution in [0.5, 0.6) is 0 Å². The first kappa shape index (κ1) is 37.2. The molecule has 0 bridgehead atoms. The van der Waals surface area contributed by atoms with Crippen molar-refractivity contribution < 1.29 is 18.4 Å². The number of hydrogen-bond donors (Lipinski definition) is 6. The molecule has 2 aromatic carbocycles.